The summed E-state index contributed by atoms with van der Waals surface area (Å²) in [6.07, 6.45) is 6.10. The minimum atomic E-state index is -0.862. The van der Waals surface area contributed by atoms with E-state index in [-0.39, 0.29) is 39.7 Å². The van der Waals surface area contributed by atoms with Gasteiger partial charge in [-0.1, -0.05) is 25.3 Å². The minimum absolute atomic E-state index is 0.101. The first kappa shape index (κ1) is 23.3. The number of phenolic OH excluding ortho intramolecular Hbond substituents is 1. The number of hydrogen-bond donors (Lipinski definition) is 2. The van der Waals surface area contributed by atoms with Crippen molar-refractivity contribution < 1.29 is 24.3 Å². The van der Waals surface area contributed by atoms with Crippen molar-refractivity contribution in [1.29, 1.82) is 0 Å². The number of carbonyl (C=O) groups excluding carboxylic acids is 1. The van der Waals surface area contributed by atoms with Crippen LogP contribution in [-0.2, 0) is 4.79 Å². The zero-order valence-electron chi connectivity index (χ0n) is 19.1. The van der Waals surface area contributed by atoms with E-state index in [2.05, 4.69) is 10.3 Å². The van der Waals surface area contributed by atoms with Crippen molar-refractivity contribution in [1.82, 2.24) is 10.3 Å². The zero-order chi connectivity index (χ0) is 24.2. The van der Waals surface area contributed by atoms with Gasteiger partial charge in [-0.2, -0.15) is 0 Å². The van der Waals surface area contributed by atoms with Crippen LogP contribution < -0.4 is 14.8 Å². The number of aromatic nitrogens is 1. The fourth-order valence-electron chi connectivity index (χ4n) is 4.60. The van der Waals surface area contributed by atoms with Crippen LogP contribution in [0.4, 0.5) is 5.69 Å². The number of nitro groups is 1. The molecule has 1 aromatic heterocycles. The maximum atomic E-state index is 13.2. The Balaban J connectivity index is 1.87. The van der Waals surface area contributed by atoms with Crippen LogP contribution in [0.3, 0.4) is 0 Å². The van der Waals surface area contributed by atoms with Crippen LogP contribution in [0, 0.1) is 16.0 Å². The van der Waals surface area contributed by atoms with Gasteiger partial charge in [0.2, 0.25) is 5.91 Å². The third kappa shape index (κ3) is 4.46. The molecule has 1 saturated carbocycles. The van der Waals surface area contributed by atoms with Crippen LogP contribution >= 0.6 is 0 Å². The lowest BCUT2D eigenvalue weighted by Crippen LogP contribution is -2.35. The Labute approximate surface area is 196 Å². The molecule has 0 unspecified atom stereocenters. The lowest BCUT2D eigenvalue weighted by atomic mass is 9.87. The molecule has 0 saturated heterocycles. The van der Waals surface area contributed by atoms with Crippen LogP contribution in [0.15, 0.2) is 42.6 Å². The van der Waals surface area contributed by atoms with Crippen molar-refractivity contribution in [2.75, 3.05) is 14.2 Å². The van der Waals surface area contributed by atoms with Crippen molar-refractivity contribution in [2.45, 2.75) is 38.1 Å². The number of benzene rings is 2. The van der Waals surface area contributed by atoms with E-state index in [0.29, 0.717) is 17.1 Å². The number of rotatable bonds is 7. The fourth-order valence-corrected chi connectivity index (χ4v) is 4.60. The predicted octanol–water partition coefficient (Wildman–Crippen LogP) is 4.65. The first-order chi connectivity index (χ1) is 16.4. The number of fused-ring (bicyclic) bond motifs is 1. The molecule has 1 fully saturated rings. The molecular weight excluding hydrogens is 438 g/mol. The summed E-state index contributed by atoms with van der Waals surface area (Å²) in [6, 6.07) is 8.68. The number of nitrogens with one attached hydrogen (secondary N) is 1. The lowest BCUT2D eigenvalue weighted by Gasteiger charge is -2.26. The first-order valence-corrected chi connectivity index (χ1v) is 11.2. The SMILES string of the molecule is COc1ccc([C@@H](NC(=O)C2CCCCC2)c2cc([N+](=O)[O-])c3cccnc3c2O)cc1OC. The molecule has 178 valence electrons. The third-order valence-electron chi connectivity index (χ3n) is 6.38. The summed E-state index contributed by atoms with van der Waals surface area (Å²) in [7, 11) is 3.02. The molecule has 3 aromatic rings. The lowest BCUT2D eigenvalue weighted by molar-refractivity contribution is -0.383. The van der Waals surface area contributed by atoms with Crippen LogP contribution in [0.25, 0.3) is 10.9 Å². The monoisotopic (exact) mass is 465 g/mol. The molecular formula is C25H27N3O6. The summed E-state index contributed by atoms with van der Waals surface area (Å²) < 4.78 is 10.7. The Morgan fingerprint density at radius 1 is 1.15 bits per heavy atom. The second kappa shape index (κ2) is 9.94. The summed E-state index contributed by atoms with van der Waals surface area (Å²) in [6.45, 7) is 0. The highest BCUT2D eigenvalue weighted by molar-refractivity contribution is 5.94. The molecule has 0 spiro atoms. The van der Waals surface area contributed by atoms with Crippen LogP contribution in [0.1, 0.15) is 49.3 Å². The van der Waals surface area contributed by atoms with Gasteiger partial charge in [-0.3, -0.25) is 19.9 Å². The Hall–Kier alpha value is -3.88. The van der Waals surface area contributed by atoms with Crippen molar-refractivity contribution >= 4 is 22.5 Å². The molecule has 4 rings (SSSR count). The topological polar surface area (TPSA) is 124 Å². The number of ether oxygens (including phenoxy) is 2. The Kier molecular flexibility index (Phi) is 6.81. The zero-order valence-corrected chi connectivity index (χ0v) is 19.1. The van der Waals surface area contributed by atoms with E-state index in [9.17, 15) is 20.0 Å². The molecule has 1 heterocycles. The van der Waals surface area contributed by atoms with Crippen molar-refractivity contribution in [3.63, 3.8) is 0 Å². The highest BCUT2D eigenvalue weighted by Crippen LogP contribution is 2.41. The molecule has 0 radical (unpaired) electrons. The minimum Gasteiger partial charge on any atom is -0.505 e. The molecule has 2 N–H and O–H groups in total. The highest BCUT2D eigenvalue weighted by Gasteiger charge is 2.30. The molecule has 2 aromatic carbocycles. The molecule has 1 amide bonds. The normalized spacial score (nSPS) is 15.0. The molecule has 1 aliphatic rings. The number of non-ortho nitro benzene ring substituents is 1. The number of phenols is 1. The first-order valence-electron chi connectivity index (χ1n) is 11.2. The number of hydrogen-bond acceptors (Lipinski definition) is 7. The smallest absolute Gasteiger partial charge is 0.279 e. The molecule has 0 bridgehead atoms. The van der Waals surface area contributed by atoms with Gasteiger partial charge in [-0.25, -0.2) is 0 Å². The molecule has 1 atom stereocenters. The van der Waals surface area contributed by atoms with Gasteiger partial charge in [0.25, 0.3) is 5.69 Å². The number of carbonyl (C=O) groups is 1. The second-order valence-corrected chi connectivity index (χ2v) is 8.38. The summed E-state index contributed by atoms with van der Waals surface area (Å²) in [5.74, 6) is 0.420. The van der Waals surface area contributed by atoms with Gasteiger partial charge in [0.15, 0.2) is 11.5 Å². The molecule has 1 aliphatic carbocycles. The Morgan fingerprint density at radius 3 is 2.56 bits per heavy atom. The van der Waals surface area contributed by atoms with Gasteiger partial charge in [-0.15, -0.1) is 0 Å². The summed E-state index contributed by atoms with van der Waals surface area (Å²) in [5, 5.41) is 26.3. The van der Waals surface area contributed by atoms with Crippen LogP contribution in [-0.4, -0.2) is 35.1 Å². The third-order valence-corrected chi connectivity index (χ3v) is 6.38. The average molecular weight is 466 g/mol. The van der Waals surface area contributed by atoms with E-state index >= 15 is 0 Å². The maximum absolute atomic E-state index is 13.2. The van der Waals surface area contributed by atoms with Gasteiger partial charge < -0.3 is 19.9 Å². The summed E-state index contributed by atoms with van der Waals surface area (Å²) in [5.41, 5.74) is 0.674. The second-order valence-electron chi connectivity index (χ2n) is 8.38. The van der Waals surface area contributed by atoms with Crippen LogP contribution in [0.2, 0.25) is 0 Å². The number of aromatic hydroxyl groups is 1. The van der Waals surface area contributed by atoms with E-state index in [1.165, 1.54) is 32.5 Å². The quantitative estimate of drug-likeness (QED) is 0.384. The van der Waals surface area contributed by atoms with E-state index in [4.69, 9.17) is 9.47 Å². The average Bonchev–Trinajstić information content (AvgIpc) is 2.87. The van der Waals surface area contributed by atoms with Crippen molar-refractivity contribution in [2.24, 2.45) is 5.92 Å². The van der Waals surface area contributed by atoms with Gasteiger partial charge in [0.1, 0.15) is 11.3 Å². The number of pyridine rings is 1. The molecule has 34 heavy (non-hydrogen) atoms. The summed E-state index contributed by atoms with van der Waals surface area (Å²) in [4.78, 5) is 28.8. The van der Waals surface area contributed by atoms with E-state index in [1.54, 1.807) is 24.3 Å². The highest BCUT2D eigenvalue weighted by atomic mass is 16.6. The van der Waals surface area contributed by atoms with Gasteiger partial charge >= 0.3 is 0 Å². The molecule has 9 heteroatoms. The molecule has 0 aliphatic heterocycles. The number of nitrogens with zero attached hydrogens (tertiary/aromatic N) is 2. The largest absolute Gasteiger partial charge is 0.505 e. The van der Waals surface area contributed by atoms with E-state index in [0.717, 1.165) is 32.1 Å². The van der Waals surface area contributed by atoms with Gasteiger partial charge in [-0.05, 0) is 42.7 Å². The van der Waals surface area contributed by atoms with Gasteiger partial charge in [0.05, 0.1) is 30.6 Å². The maximum Gasteiger partial charge on any atom is 0.279 e. The molecule has 9 nitrogen and oxygen atoms in total. The fraction of sp³-hybridized carbons (Fsp3) is 0.360. The standard InChI is InChI=1S/C25H27N3O6/c1-33-20-11-10-16(13-21(20)34-2)22(27-25(30)15-7-4-3-5-8-15)18-14-19(28(31)32)17-9-6-12-26-23(17)24(18)29/h6,9-15,22,29H,3-5,7-8H2,1-2H3,(H,27,30)/t22-/m1/s1. The Morgan fingerprint density at radius 2 is 1.88 bits per heavy atom. The van der Waals surface area contributed by atoms with Gasteiger partial charge in [0, 0.05) is 23.7 Å². The van der Waals surface area contributed by atoms with Crippen molar-refractivity contribution in [3.8, 4) is 17.2 Å². The van der Waals surface area contributed by atoms with Crippen molar-refractivity contribution in [3.05, 3.63) is 63.8 Å². The summed E-state index contributed by atoms with van der Waals surface area (Å²) >= 11 is 0. The number of nitro benzene ring substituents is 1. The predicted molar refractivity (Wildman–Crippen MR) is 126 cm³/mol. The van der Waals surface area contributed by atoms with Crippen LogP contribution in [0.5, 0.6) is 17.2 Å². The van der Waals surface area contributed by atoms with E-state index in [1.807, 2.05) is 0 Å². The van der Waals surface area contributed by atoms with E-state index < -0.39 is 11.0 Å². The number of methoxy groups -OCH3 is 2. The Bertz CT molecular complexity index is 1220. The number of amides is 1.